The Hall–Kier alpha value is -3.86. The third-order valence-corrected chi connectivity index (χ3v) is 5.04. The molecule has 5 nitrogen and oxygen atoms in total. The molecule has 0 saturated carbocycles. The van der Waals surface area contributed by atoms with Crippen molar-refractivity contribution in [3.8, 4) is 22.6 Å². The fraction of sp³-hybridized carbons (Fsp3) is 0.120. The van der Waals surface area contributed by atoms with E-state index in [9.17, 15) is 0 Å². The molecule has 1 aromatic heterocycles. The van der Waals surface area contributed by atoms with Gasteiger partial charge in [0.2, 0.25) is 0 Å². The number of hydrogen-bond acceptors (Lipinski definition) is 5. The predicted molar refractivity (Wildman–Crippen MR) is 120 cm³/mol. The Labute approximate surface area is 176 Å². The Kier molecular flexibility index (Phi) is 5.61. The zero-order valence-electron chi connectivity index (χ0n) is 17.0. The Bertz CT molecular complexity index is 1110. The van der Waals surface area contributed by atoms with Gasteiger partial charge in [-0.2, -0.15) is 0 Å². The van der Waals surface area contributed by atoms with Crippen LogP contribution in [0.25, 0.3) is 11.1 Å². The number of hydrogen-bond donors (Lipinski definition) is 1. The molecule has 0 unspecified atom stereocenters. The van der Waals surface area contributed by atoms with Gasteiger partial charge >= 0.3 is 0 Å². The highest BCUT2D eigenvalue weighted by molar-refractivity contribution is 5.81. The first-order valence-electron chi connectivity index (χ1n) is 9.65. The van der Waals surface area contributed by atoms with Crippen LogP contribution in [-0.2, 0) is 6.54 Å². The van der Waals surface area contributed by atoms with E-state index in [4.69, 9.17) is 19.6 Å². The summed E-state index contributed by atoms with van der Waals surface area (Å²) in [5.41, 5.74) is 12.2. The number of nitrogens with zero attached hydrogens (tertiary/aromatic N) is 1. The van der Waals surface area contributed by atoms with Crippen molar-refractivity contribution in [3.63, 3.8) is 0 Å². The summed E-state index contributed by atoms with van der Waals surface area (Å²) < 4.78 is 16.2. The first-order valence-corrected chi connectivity index (χ1v) is 9.65. The molecule has 0 aliphatic carbocycles. The Morgan fingerprint density at radius 1 is 0.833 bits per heavy atom. The van der Waals surface area contributed by atoms with Crippen LogP contribution < -0.4 is 20.1 Å². The number of rotatable bonds is 7. The lowest BCUT2D eigenvalue weighted by molar-refractivity contribution is 0.355. The van der Waals surface area contributed by atoms with E-state index in [2.05, 4.69) is 23.1 Å². The van der Waals surface area contributed by atoms with Gasteiger partial charge in [0.15, 0.2) is 11.5 Å². The number of benzene rings is 3. The minimum Gasteiger partial charge on any atom is -0.493 e. The van der Waals surface area contributed by atoms with E-state index in [1.54, 1.807) is 26.7 Å². The lowest BCUT2D eigenvalue weighted by Crippen LogP contribution is -2.18. The highest BCUT2D eigenvalue weighted by Gasteiger charge is 2.17. The molecule has 0 aliphatic heterocycles. The van der Waals surface area contributed by atoms with Crippen molar-refractivity contribution in [3.05, 3.63) is 90.9 Å². The van der Waals surface area contributed by atoms with Crippen molar-refractivity contribution in [2.75, 3.05) is 24.9 Å². The highest BCUT2D eigenvalue weighted by Crippen LogP contribution is 2.39. The second-order valence-corrected chi connectivity index (χ2v) is 6.90. The zero-order chi connectivity index (χ0) is 20.9. The zero-order valence-corrected chi connectivity index (χ0v) is 17.0. The van der Waals surface area contributed by atoms with Gasteiger partial charge in [-0.3, -0.25) is 0 Å². The molecule has 0 radical (unpaired) electrons. The lowest BCUT2D eigenvalue weighted by Gasteiger charge is -2.28. The summed E-state index contributed by atoms with van der Waals surface area (Å²) in [6, 6.07) is 24.1. The summed E-state index contributed by atoms with van der Waals surface area (Å²) in [7, 11) is 3.27. The van der Waals surface area contributed by atoms with Crippen molar-refractivity contribution in [1.82, 2.24) is 0 Å². The molecule has 5 heteroatoms. The van der Waals surface area contributed by atoms with Gasteiger partial charge in [0.1, 0.15) is 0 Å². The highest BCUT2D eigenvalue weighted by atomic mass is 16.5. The Balaban J connectivity index is 1.83. The topological polar surface area (TPSA) is 60.9 Å². The number of nitrogen functional groups attached to an aromatic ring is 1. The minimum atomic E-state index is 0.648. The van der Waals surface area contributed by atoms with Gasteiger partial charge in [0, 0.05) is 23.9 Å². The third kappa shape index (κ3) is 3.96. The second kappa shape index (κ2) is 8.66. The summed E-state index contributed by atoms with van der Waals surface area (Å²) >= 11 is 0. The molecule has 0 fully saturated rings. The van der Waals surface area contributed by atoms with Gasteiger partial charge in [-0.1, -0.05) is 36.4 Å². The number of furan rings is 1. The van der Waals surface area contributed by atoms with E-state index in [0.29, 0.717) is 23.7 Å². The molecule has 2 N–H and O–H groups in total. The van der Waals surface area contributed by atoms with Gasteiger partial charge in [-0.05, 0) is 41.5 Å². The second-order valence-electron chi connectivity index (χ2n) is 6.90. The maximum Gasteiger partial charge on any atom is 0.162 e. The monoisotopic (exact) mass is 400 g/mol. The molecule has 152 valence electrons. The average Bonchev–Trinajstić information content (AvgIpc) is 3.33. The summed E-state index contributed by atoms with van der Waals surface area (Å²) in [5, 5.41) is 0. The van der Waals surface area contributed by atoms with E-state index in [1.165, 1.54) is 5.56 Å². The van der Waals surface area contributed by atoms with Gasteiger partial charge in [0.05, 0.1) is 38.1 Å². The number of nitrogens with two attached hydrogens (primary N) is 1. The molecule has 3 aromatic carbocycles. The largest absolute Gasteiger partial charge is 0.493 e. The smallest absolute Gasteiger partial charge is 0.162 e. The van der Waals surface area contributed by atoms with E-state index >= 15 is 0 Å². The van der Waals surface area contributed by atoms with Crippen molar-refractivity contribution >= 4 is 17.1 Å². The van der Waals surface area contributed by atoms with E-state index in [0.717, 1.165) is 22.5 Å². The minimum absolute atomic E-state index is 0.648. The summed E-state index contributed by atoms with van der Waals surface area (Å²) in [6.07, 6.45) is 3.40. The van der Waals surface area contributed by atoms with Crippen LogP contribution in [0.1, 0.15) is 5.56 Å². The molecule has 0 spiro atoms. The van der Waals surface area contributed by atoms with Gasteiger partial charge in [0.25, 0.3) is 0 Å². The molecule has 4 rings (SSSR count). The SMILES string of the molecule is COc1ccc(N(Cc2ccccc2)c2cc(-c3ccoc3)ccc2N)cc1OC. The average molecular weight is 400 g/mol. The molecular formula is C25H24N2O3. The molecule has 0 bridgehead atoms. The molecule has 0 amide bonds. The number of methoxy groups -OCH3 is 2. The van der Waals surface area contributed by atoms with Crippen LogP contribution in [0.15, 0.2) is 89.7 Å². The molecular weight excluding hydrogens is 376 g/mol. The van der Waals surface area contributed by atoms with Crippen LogP contribution in [0.2, 0.25) is 0 Å². The summed E-state index contributed by atoms with van der Waals surface area (Å²) in [6.45, 7) is 0.648. The third-order valence-electron chi connectivity index (χ3n) is 5.04. The Morgan fingerprint density at radius 3 is 2.33 bits per heavy atom. The van der Waals surface area contributed by atoms with Gasteiger partial charge < -0.3 is 24.5 Å². The van der Waals surface area contributed by atoms with E-state index in [1.807, 2.05) is 54.6 Å². The molecule has 30 heavy (non-hydrogen) atoms. The fourth-order valence-electron chi connectivity index (χ4n) is 3.46. The van der Waals surface area contributed by atoms with Crippen LogP contribution in [-0.4, -0.2) is 14.2 Å². The van der Waals surface area contributed by atoms with E-state index < -0.39 is 0 Å². The lowest BCUT2D eigenvalue weighted by atomic mass is 10.1. The number of ether oxygens (including phenoxy) is 2. The maximum atomic E-state index is 6.44. The summed E-state index contributed by atoms with van der Waals surface area (Å²) in [5.74, 6) is 1.35. The Morgan fingerprint density at radius 2 is 1.63 bits per heavy atom. The molecule has 1 heterocycles. The van der Waals surface area contributed by atoms with Crippen molar-refractivity contribution in [2.45, 2.75) is 6.54 Å². The maximum absolute atomic E-state index is 6.44. The van der Waals surface area contributed by atoms with Crippen molar-refractivity contribution in [1.29, 1.82) is 0 Å². The normalized spacial score (nSPS) is 10.6. The first-order chi connectivity index (χ1) is 14.7. The fourth-order valence-corrected chi connectivity index (χ4v) is 3.46. The van der Waals surface area contributed by atoms with Crippen molar-refractivity contribution < 1.29 is 13.9 Å². The molecule has 4 aromatic rings. The predicted octanol–water partition coefficient (Wildman–Crippen LogP) is 5.88. The van der Waals surface area contributed by atoms with Crippen LogP contribution in [0, 0.1) is 0 Å². The summed E-state index contributed by atoms with van der Waals surface area (Å²) in [4.78, 5) is 2.18. The quantitative estimate of drug-likeness (QED) is 0.392. The molecule has 0 atom stereocenters. The van der Waals surface area contributed by atoms with Crippen LogP contribution in [0.4, 0.5) is 17.1 Å². The standard InChI is InChI=1S/C25H24N2O3/c1-28-24-11-9-21(15-25(24)29-2)27(16-18-6-4-3-5-7-18)23-14-19(8-10-22(23)26)20-12-13-30-17-20/h3-15,17H,16,26H2,1-2H3. The van der Waals surface area contributed by atoms with Crippen LogP contribution >= 0.6 is 0 Å². The van der Waals surface area contributed by atoms with Gasteiger partial charge in [-0.25, -0.2) is 0 Å². The number of anilines is 3. The van der Waals surface area contributed by atoms with Gasteiger partial charge in [-0.15, -0.1) is 0 Å². The molecule has 0 aliphatic rings. The van der Waals surface area contributed by atoms with Crippen molar-refractivity contribution in [2.24, 2.45) is 0 Å². The molecule has 0 saturated heterocycles. The first kappa shape index (κ1) is 19.5. The van der Waals surface area contributed by atoms with E-state index in [-0.39, 0.29) is 0 Å². The van der Waals surface area contributed by atoms with Crippen LogP contribution in [0.5, 0.6) is 11.5 Å². The van der Waals surface area contributed by atoms with Crippen LogP contribution in [0.3, 0.4) is 0 Å².